The van der Waals surface area contributed by atoms with Crippen LogP contribution in [0.25, 0.3) is 0 Å². The quantitative estimate of drug-likeness (QED) is 0.839. The topological polar surface area (TPSA) is 36.7 Å². The first-order chi connectivity index (χ1) is 9.31. The van der Waals surface area contributed by atoms with E-state index in [4.69, 9.17) is 4.42 Å². The first kappa shape index (κ1) is 12.7. The lowest BCUT2D eigenvalue weighted by Gasteiger charge is -2.34. The molecule has 2 atom stereocenters. The fourth-order valence-corrected chi connectivity index (χ4v) is 3.68. The number of rotatable bonds is 3. The molecule has 3 rings (SSSR count). The summed E-state index contributed by atoms with van der Waals surface area (Å²) in [7, 11) is 0. The molecule has 0 N–H and O–H groups in total. The molecule has 0 bridgehead atoms. The number of likely N-dealkylation sites (tertiary alicyclic amines) is 2. The van der Waals surface area contributed by atoms with Gasteiger partial charge in [0.2, 0.25) is 0 Å². The van der Waals surface area contributed by atoms with Crippen molar-refractivity contribution in [3.8, 4) is 0 Å². The van der Waals surface area contributed by atoms with Crippen molar-refractivity contribution in [1.82, 2.24) is 9.80 Å². The minimum atomic E-state index is 0.138. The van der Waals surface area contributed by atoms with Crippen molar-refractivity contribution in [3.05, 3.63) is 24.2 Å². The normalized spacial score (nSPS) is 28.2. The standard InChI is InChI=1S/C15H22N2O2/c1-2-16-8-3-5-13(16)14-6-4-9-17(14)15(18)12-7-10-19-11-12/h7,10-11,13-14H,2-6,8-9H2,1H3/t13-,14-/m0/s1. The van der Waals surface area contributed by atoms with E-state index in [1.54, 1.807) is 18.6 Å². The van der Waals surface area contributed by atoms with Gasteiger partial charge in [0.1, 0.15) is 6.26 Å². The second-order valence-electron chi connectivity index (χ2n) is 5.56. The monoisotopic (exact) mass is 262 g/mol. The third kappa shape index (κ3) is 2.29. The molecule has 4 heteroatoms. The maximum absolute atomic E-state index is 12.5. The van der Waals surface area contributed by atoms with E-state index in [0.717, 1.165) is 25.9 Å². The molecule has 0 spiro atoms. The average Bonchev–Trinajstić information content (AvgIpc) is 3.16. The molecule has 0 unspecified atom stereocenters. The molecular formula is C15H22N2O2. The number of amides is 1. The zero-order valence-corrected chi connectivity index (χ0v) is 11.5. The molecule has 1 aromatic rings. The fourth-order valence-electron chi connectivity index (χ4n) is 3.68. The van der Waals surface area contributed by atoms with Crippen LogP contribution in [0, 0.1) is 0 Å². The predicted octanol–water partition coefficient (Wildman–Crippen LogP) is 2.37. The zero-order valence-electron chi connectivity index (χ0n) is 11.5. The van der Waals surface area contributed by atoms with E-state index < -0.39 is 0 Å². The second-order valence-corrected chi connectivity index (χ2v) is 5.56. The van der Waals surface area contributed by atoms with E-state index in [0.29, 0.717) is 17.6 Å². The lowest BCUT2D eigenvalue weighted by Crippen LogP contribution is -2.48. The average molecular weight is 262 g/mol. The highest BCUT2D eigenvalue weighted by Crippen LogP contribution is 2.30. The van der Waals surface area contributed by atoms with Crippen molar-refractivity contribution in [2.45, 2.75) is 44.7 Å². The predicted molar refractivity (Wildman–Crippen MR) is 73.0 cm³/mol. The van der Waals surface area contributed by atoms with Crippen LogP contribution in [0.4, 0.5) is 0 Å². The summed E-state index contributed by atoms with van der Waals surface area (Å²) in [6.07, 6.45) is 7.90. The molecule has 1 aromatic heterocycles. The van der Waals surface area contributed by atoms with Crippen LogP contribution in [0.1, 0.15) is 43.0 Å². The van der Waals surface area contributed by atoms with Gasteiger partial charge in [0.15, 0.2) is 0 Å². The Morgan fingerprint density at radius 3 is 2.84 bits per heavy atom. The molecule has 4 nitrogen and oxygen atoms in total. The highest BCUT2D eigenvalue weighted by atomic mass is 16.3. The summed E-state index contributed by atoms with van der Waals surface area (Å²) >= 11 is 0. The molecule has 1 amide bonds. The Labute approximate surface area is 114 Å². The van der Waals surface area contributed by atoms with E-state index in [2.05, 4.69) is 16.7 Å². The molecule has 2 saturated heterocycles. The van der Waals surface area contributed by atoms with Crippen molar-refractivity contribution in [3.63, 3.8) is 0 Å². The van der Waals surface area contributed by atoms with E-state index in [1.165, 1.54) is 19.4 Å². The number of furan rings is 1. The van der Waals surface area contributed by atoms with Gasteiger partial charge in [-0.1, -0.05) is 6.92 Å². The van der Waals surface area contributed by atoms with Gasteiger partial charge in [-0.3, -0.25) is 9.69 Å². The molecule has 19 heavy (non-hydrogen) atoms. The van der Waals surface area contributed by atoms with E-state index in [-0.39, 0.29) is 5.91 Å². The third-order valence-electron chi connectivity index (χ3n) is 4.59. The van der Waals surface area contributed by atoms with E-state index >= 15 is 0 Å². The summed E-state index contributed by atoms with van der Waals surface area (Å²) in [6.45, 7) is 5.39. The number of hydrogen-bond donors (Lipinski definition) is 0. The summed E-state index contributed by atoms with van der Waals surface area (Å²) in [4.78, 5) is 17.1. The molecule has 0 saturated carbocycles. The molecule has 3 heterocycles. The zero-order chi connectivity index (χ0) is 13.2. The van der Waals surface area contributed by atoms with Crippen LogP contribution in [-0.4, -0.2) is 47.4 Å². The van der Waals surface area contributed by atoms with Gasteiger partial charge in [-0.15, -0.1) is 0 Å². The smallest absolute Gasteiger partial charge is 0.257 e. The van der Waals surface area contributed by atoms with Crippen LogP contribution in [0.5, 0.6) is 0 Å². The largest absolute Gasteiger partial charge is 0.472 e. The minimum absolute atomic E-state index is 0.138. The van der Waals surface area contributed by atoms with Gasteiger partial charge in [-0.05, 0) is 44.8 Å². The van der Waals surface area contributed by atoms with Crippen LogP contribution in [-0.2, 0) is 0 Å². The number of carbonyl (C=O) groups is 1. The lowest BCUT2D eigenvalue weighted by molar-refractivity contribution is 0.0649. The highest BCUT2D eigenvalue weighted by molar-refractivity contribution is 5.94. The molecule has 0 radical (unpaired) electrons. The van der Waals surface area contributed by atoms with Crippen LogP contribution < -0.4 is 0 Å². The van der Waals surface area contributed by atoms with Gasteiger partial charge in [0.05, 0.1) is 11.8 Å². The van der Waals surface area contributed by atoms with Gasteiger partial charge >= 0.3 is 0 Å². The molecular weight excluding hydrogens is 240 g/mol. The molecule has 2 aliphatic heterocycles. The van der Waals surface area contributed by atoms with Crippen LogP contribution >= 0.6 is 0 Å². The summed E-state index contributed by atoms with van der Waals surface area (Å²) < 4.78 is 5.04. The SMILES string of the molecule is CCN1CCC[C@H]1[C@@H]1CCCN1C(=O)c1ccoc1. The fraction of sp³-hybridized carbons (Fsp3) is 0.667. The Morgan fingerprint density at radius 1 is 1.32 bits per heavy atom. The minimum Gasteiger partial charge on any atom is -0.472 e. The van der Waals surface area contributed by atoms with Crippen molar-refractivity contribution < 1.29 is 9.21 Å². The van der Waals surface area contributed by atoms with Crippen LogP contribution in [0.3, 0.4) is 0 Å². The van der Waals surface area contributed by atoms with Gasteiger partial charge in [-0.25, -0.2) is 0 Å². The van der Waals surface area contributed by atoms with Crippen molar-refractivity contribution in [2.75, 3.05) is 19.6 Å². The Balaban J connectivity index is 1.76. The number of carbonyl (C=O) groups excluding carboxylic acids is 1. The molecule has 2 fully saturated rings. The highest BCUT2D eigenvalue weighted by Gasteiger charge is 2.39. The van der Waals surface area contributed by atoms with Crippen LogP contribution in [0.15, 0.2) is 23.0 Å². The Hall–Kier alpha value is -1.29. The summed E-state index contributed by atoms with van der Waals surface area (Å²) in [5, 5.41) is 0. The summed E-state index contributed by atoms with van der Waals surface area (Å²) in [5.74, 6) is 0.138. The molecule has 2 aliphatic rings. The Kier molecular flexibility index (Phi) is 3.60. The summed E-state index contributed by atoms with van der Waals surface area (Å²) in [6, 6.07) is 2.72. The number of nitrogens with zero attached hydrogens (tertiary/aromatic N) is 2. The Bertz CT molecular complexity index is 429. The summed E-state index contributed by atoms with van der Waals surface area (Å²) in [5.41, 5.74) is 0.688. The van der Waals surface area contributed by atoms with Gasteiger partial charge in [-0.2, -0.15) is 0 Å². The van der Waals surface area contributed by atoms with E-state index in [1.807, 2.05) is 0 Å². The third-order valence-corrected chi connectivity index (χ3v) is 4.59. The van der Waals surface area contributed by atoms with Gasteiger partial charge < -0.3 is 9.32 Å². The lowest BCUT2D eigenvalue weighted by atomic mass is 10.0. The number of hydrogen-bond acceptors (Lipinski definition) is 3. The van der Waals surface area contributed by atoms with Gasteiger partial charge in [0, 0.05) is 18.6 Å². The number of likely N-dealkylation sites (N-methyl/N-ethyl adjacent to an activating group) is 1. The molecule has 0 aliphatic carbocycles. The van der Waals surface area contributed by atoms with Crippen molar-refractivity contribution in [2.24, 2.45) is 0 Å². The first-order valence-corrected chi connectivity index (χ1v) is 7.38. The molecule has 0 aromatic carbocycles. The molecule has 104 valence electrons. The maximum Gasteiger partial charge on any atom is 0.257 e. The first-order valence-electron chi connectivity index (χ1n) is 7.38. The second kappa shape index (κ2) is 5.37. The Morgan fingerprint density at radius 2 is 2.11 bits per heavy atom. The maximum atomic E-state index is 12.5. The van der Waals surface area contributed by atoms with Crippen molar-refractivity contribution in [1.29, 1.82) is 0 Å². The van der Waals surface area contributed by atoms with E-state index in [9.17, 15) is 4.79 Å². The van der Waals surface area contributed by atoms with Crippen molar-refractivity contribution >= 4 is 5.91 Å². The van der Waals surface area contributed by atoms with Crippen LogP contribution in [0.2, 0.25) is 0 Å². The van der Waals surface area contributed by atoms with Gasteiger partial charge in [0.25, 0.3) is 5.91 Å².